The van der Waals surface area contributed by atoms with Crippen molar-refractivity contribution in [3.8, 4) is 17.2 Å². The van der Waals surface area contributed by atoms with Gasteiger partial charge in [-0.05, 0) is 6.07 Å². The third-order valence-corrected chi connectivity index (χ3v) is 2.46. The molecule has 0 bridgehead atoms. The van der Waals surface area contributed by atoms with E-state index in [4.69, 9.17) is 5.26 Å². The van der Waals surface area contributed by atoms with E-state index < -0.39 is 17.6 Å². The number of aromatic amines is 1. The van der Waals surface area contributed by atoms with Crippen molar-refractivity contribution in [2.75, 3.05) is 0 Å². The average molecular weight is 254 g/mol. The predicted octanol–water partition coefficient (Wildman–Crippen LogP) is 3.71. The van der Waals surface area contributed by atoms with Crippen molar-refractivity contribution in [1.29, 1.82) is 5.26 Å². The van der Waals surface area contributed by atoms with Crippen LogP contribution in [0.2, 0.25) is 0 Å². The standard InChI is InChI=1S/C12H6F4N2/c13-11-8(9-6-18-5-7(9)4-17)2-1-3-10(11)12(14,15)16/h1-3,5-6,18H. The van der Waals surface area contributed by atoms with Gasteiger partial charge in [-0.1, -0.05) is 12.1 Å². The third-order valence-electron chi connectivity index (χ3n) is 2.46. The molecule has 18 heavy (non-hydrogen) atoms. The smallest absolute Gasteiger partial charge is 0.366 e. The molecule has 0 spiro atoms. The maximum atomic E-state index is 13.8. The molecule has 0 amide bonds. The van der Waals surface area contributed by atoms with Gasteiger partial charge >= 0.3 is 6.18 Å². The normalized spacial score (nSPS) is 11.3. The molecule has 0 aliphatic carbocycles. The molecule has 1 heterocycles. The molecule has 0 saturated carbocycles. The van der Waals surface area contributed by atoms with Crippen molar-refractivity contribution in [2.24, 2.45) is 0 Å². The average Bonchev–Trinajstić information content (AvgIpc) is 2.75. The fraction of sp³-hybridized carbons (Fsp3) is 0.0833. The van der Waals surface area contributed by atoms with Gasteiger partial charge in [-0.2, -0.15) is 18.4 Å². The molecule has 2 aromatic rings. The van der Waals surface area contributed by atoms with Crippen LogP contribution in [0.5, 0.6) is 0 Å². The number of benzene rings is 1. The lowest BCUT2D eigenvalue weighted by Gasteiger charge is -2.10. The molecule has 1 N–H and O–H groups in total. The van der Waals surface area contributed by atoms with Crippen LogP contribution in [0.25, 0.3) is 11.1 Å². The van der Waals surface area contributed by atoms with Crippen molar-refractivity contribution in [2.45, 2.75) is 6.18 Å². The van der Waals surface area contributed by atoms with Gasteiger partial charge in [0.1, 0.15) is 11.9 Å². The zero-order chi connectivity index (χ0) is 13.3. The van der Waals surface area contributed by atoms with E-state index in [1.54, 1.807) is 6.07 Å². The van der Waals surface area contributed by atoms with E-state index >= 15 is 0 Å². The van der Waals surface area contributed by atoms with Crippen LogP contribution in [-0.4, -0.2) is 4.98 Å². The maximum absolute atomic E-state index is 13.8. The number of aromatic nitrogens is 1. The lowest BCUT2D eigenvalue weighted by molar-refractivity contribution is -0.139. The molecule has 1 aromatic heterocycles. The van der Waals surface area contributed by atoms with Gasteiger partial charge < -0.3 is 4.98 Å². The van der Waals surface area contributed by atoms with Gasteiger partial charge in [0.25, 0.3) is 0 Å². The molecule has 0 aliphatic heterocycles. The summed E-state index contributed by atoms with van der Waals surface area (Å²) in [6.07, 6.45) is -2.17. The first-order chi connectivity index (χ1) is 8.45. The second kappa shape index (κ2) is 4.18. The van der Waals surface area contributed by atoms with Crippen molar-refractivity contribution in [1.82, 2.24) is 4.98 Å². The Labute approximate surface area is 99.5 Å². The second-order valence-electron chi connectivity index (χ2n) is 3.56. The van der Waals surface area contributed by atoms with Gasteiger partial charge in [-0.3, -0.25) is 0 Å². The van der Waals surface area contributed by atoms with E-state index in [0.717, 1.165) is 6.07 Å². The summed E-state index contributed by atoms with van der Waals surface area (Å²) < 4.78 is 51.4. The first-order valence-corrected chi connectivity index (χ1v) is 4.88. The van der Waals surface area contributed by atoms with Crippen molar-refractivity contribution in [3.05, 3.63) is 47.5 Å². The summed E-state index contributed by atoms with van der Waals surface area (Å²) in [5.41, 5.74) is -1.39. The third kappa shape index (κ3) is 1.95. The van der Waals surface area contributed by atoms with E-state index in [1.807, 2.05) is 0 Å². The van der Waals surface area contributed by atoms with E-state index in [-0.39, 0.29) is 16.7 Å². The van der Waals surface area contributed by atoms with E-state index in [2.05, 4.69) is 4.98 Å². The molecule has 0 saturated heterocycles. The van der Waals surface area contributed by atoms with Gasteiger partial charge in [-0.25, -0.2) is 4.39 Å². The topological polar surface area (TPSA) is 39.6 Å². The summed E-state index contributed by atoms with van der Waals surface area (Å²) >= 11 is 0. The molecule has 0 fully saturated rings. The highest BCUT2D eigenvalue weighted by Gasteiger charge is 2.35. The van der Waals surface area contributed by atoms with Gasteiger partial charge in [0, 0.05) is 23.5 Å². The molecule has 0 aliphatic rings. The molecule has 92 valence electrons. The molecule has 2 rings (SSSR count). The van der Waals surface area contributed by atoms with Gasteiger partial charge in [-0.15, -0.1) is 0 Å². The van der Waals surface area contributed by atoms with Gasteiger partial charge in [0.15, 0.2) is 0 Å². The summed E-state index contributed by atoms with van der Waals surface area (Å²) in [6.45, 7) is 0. The SMILES string of the molecule is N#Cc1c[nH]cc1-c1cccc(C(F)(F)F)c1F. The number of nitriles is 1. The number of nitrogens with one attached hydrogen (secondary N) is 1. The van der Waals surface area contributed by atoms with Crippen molar-refractivity contribution >= 4 is 0 Å². The minimum absolute atomic E-state index is 0.0909. The fourth-order valence-electron chi connectivity index (χ4n) is 1.64. The highest BCUT2D eigenvalue weighted by molar-refractivity contribution is 5.71. The number of hydrogen-bond acceptors (Lipinski definition) is 1. The Kier molecular flexibility index (Phi) is 2.83. The van der Waals surface area contributed by atoms with Crippen LogP contribution in [-0.2, 0) is 6.18 Å². The Morgan fingerprint density at radius 1 is 1.11 bits per heavy atom. The minimum atomic E-state index is -4.76. The predicted molar refractivity (Wildman–Crippen MR) is 55.9 cm³/mol. The van der Waals surface area contributed by atoms with Gasteiger partial charge in [0.2, 0.25) is 0 Å². The number of alkyl halides is 3. The summed E-state index contributed by atoms with van der Waals surface area (Å²) in [6, 6.07) is 4.75. The Balaban J connectivity index is 2.65. The lowest BCUT2D eigenvalue weighted by Crippen LogP contribution is -2.08. The van der Waals surface area contributed by atoms with Crippen LogP contribution in [0.3, 0.4) is 0 Å². The van der Waals surface area contributed by atoms with Crippen LogP contribution in [0, 0.1) is 17.1 Å². The number of nitrogens with zero attached hydrogens (tertiary/aromatic N) is 1. The second-order valence-corrected chi connectivity index (χ2v) is 3.56. The van der Waals surface area contributed by atoms with E-state index in [1.165, 1.54) is 18.5 Å². The van der Waals surface area contributed by atoms with Crippen molar-refractivity contribution in [3.63, 3.8) is 0 Å². The summed E-state index contributed by atoms with van der Waals surface area (Å²) in [5.74, 6) is -1.37. The van der Waals surface area contributed by atoms with Gasteiger partial charge in [0.05, 0.1) is 11.1 Å². The molecular weight excluding hydrogens is 248 g/mol. The molecule has 1 aromatic carbocycles. The highest BCUT2D eigenvalue weighted by atomic mass is 19.4. The quantitative estimate of drug-likeness (QED) is 0.774. The molecular formula is C12H6F4N2. The molecule has 0 unspecified atom stereocenters. The summed E-state index contributed by atoms with van der Waals surface area (Å²) in [7, 11) is 0. The number of hydrogen-bond donors (Lipinski definition) is 1. The zero-order valence-corrected chi connectivity index (χ0v) is 8.85. The Morgan fingerprint density at radius 2 is 1.83 bits per heavy atom. The first-order valence-electron chi connectivity index (χ1n) is 4.88. The fourth-order valence-corrected chi connectivity index (χ4v) is 1.64. The first kappa shape index (κ1) is 12.2. The Hall–Kier alpha value is -2.29. The Bertz CT molecular complexity index is 620. The highest BCUT2D eigenvalue weighted by Crippen LogP contribution is 2.36. The number of rotatable bonds is 1. The van der Waals surface area contributed by atoms with Crippen LogP contribution < -0.4 is 0 Å². The summed E-state index contributed by atoms with van der Waals surface area (Å²) in [5, 5.41) is 8.77. The largest absolute Gasteiger partial charge is 0.419 e. The van der Waals surface area contributed by atoms with Crippen LogP contribution in [0.15, 0.2) is 30.6 Å². The number of halogens is 4. The molecule has 6 heteroatoms. The van der Waals surface area contributed by atoms with Crippen LogP contribution in [0.4, 0.5) is 17.6 Å². The molecule has 0 radical (unpaired) electrons. The van der Waals surface area contributed by atoms with Crippen LogP contribution >= 0.6 is 0 Å². The monoisotopic (exact) mass is 254 g/mol. The van der Waals surface area contributed by atoms with Crippen molar-refractivity contribution < 1.29 is 17.6 Å². The minimum Gasteiger partial charge on any atom is -0.366 e. The van der Waals surface area contributed by atoms with E-state index in [0.29, 0.717) is 6.07 Å². The molecule has 0 atom stereocenters. The van der Waals surface area contributed by atoms with Crippen LogP contribution in [0.1, 0.15) is 11.1 Å². The van der Waals surface area contributed by atoms with E-state index in [9.17, 15) is 17.6 Å². The summed E-state index contributed by atoms with van der Waals surface area (Å²) in [4.78, 5) is 2.56. The zero-order valence-electron chi connectivity index (χ0n) is 8.85. The Morgan fingerprint density at radius 3 is 2.44 bits per heavy atom. The lowest BCUT2D eigenvalue weighted by atomic mass is 10.0. The molecule has 2 nitrogen and oxygen atoms in total. The maximum Gasteiger partial charge on any atom is 0.419 e. The number of H-pyrrole nitrogens is 1.